The van der Waals surface area contributed by atoms with Gasteiger partial charge in [0.25, 0.3) is 5.91 Å². The number of thiocarbonyl (C=S) groups is 1. The van der Waals surface area contributed by atoms with Crippen molar-refractivity contribution in [1.29, 1.82) is 0 Å². The van der Waals surface area contributed by atoms with Crippen LogP contribution in [-0.2, 0) is 4.79 Å². The minimum Gasteiger partial charge on any atom is -0.490 e. The van der Waals surface area contributed by atoms with Crippen molar-refractivity contribution in [3.05, 3.63) is 63.0 Å². The maximum Gasteiger partial charge on any atom is 0.266 e. The molecule has 0 unspecified atom stereocenters. The Hall–Kier alpha value is -1.83. The summed E-state index contributed by atoms with van der Waals surface area (Å²) in [6.07, 6.45) is 1.83. The molecular weight excluding hydrogens is 458 g/mol. The number of para-hydroxylation sites is 1. The van der Waals surface area contributed by atoms with Crippen LogP contribution in [0.3, 0.4) is 0 Å². The highest BCUT2D eigenvalue weighted by atomic mass is 79.9. The first-order chi connectivity index (χ1) is 13.5. The molecule has 0 atom stereocenters. The second-order valence-corrected chi connectivity index (χ2v) is 8.66. The molecule has 1 saturated heterocycles. The normalized spacial score (nSPS) is 15.4. The molecule has 0 radical (unpaired) electrons. The molecular formula is C21H20BrNO3S2. The van der Waals surface area contributed by atoms with Gasteiger partial charge < -0.3 is 9.47 Å². The Morgan fingerprint density at radius 1 is 1.14 bits per heavy atom. The van der Waals surface area contributed by atoms with Crippen LogP contribution in [0.1, 0.15) is 18.1 Å². The number of benzene rings is 2. The van der Waals surface area contributed by atoms with Gasteiger partial charge in [0.05, 0.1) is 4.91 Å². The standard InChI is InChI=1S/C21H20BrNO3S2/c1-3-23-20(24)19(28-21(23)27)13-15-12-16(22)8-9-18(15)26-11-10-25-17-7-5-4-6-14(17)2/h4-9,12-13H,3,10-11H2,1-2H3/b19-13-. The van der Waals surface area contributed by atoms with Gasteiger partial charge in [-0.05, 0) is 49.8 Å². The Labute approximate surface area is 183 Å². The fourth-order valence-electron chi connectivity index (χ4n) is 2.70. The highest BCUT2D eigenvalue weighted by molar-refractivity contribution is 9.10. The second kappa shape index (κ2) is 9.58. The number of carbonyl (C=O) groups excluding carboxylic acids is 1. The van der Waals surface area contributed by atoms with E-state index >= 15 is 0 Å². The van der Waals surface area contributed by atoms with Crippen LogP contribution in [0.5, 0.6) is 11.5 Å². The summed E-state index contributed by atoms with van der Waals surface area (Å²) in [5, 5.41) is 0. The van der Waals surface area contributed by atoms with Crippen molar-refractivity contribution in [2.24, 2.45) is 0 Å². The van der Waals surface area contributed by atoms with E-state index in [1.807, 2.05) is 62.4 Å². The van der Waals surface area contributed by atoms with Gasteiger partial charge in [-0.1, -0.05) is 58.1 Å². The Morgan fingerprint density at radius 2 is 1.86 bits per heavy atom. The highest BCUT2D eigenvalue weighted by Crippen LogP contribution is 2.35. The van der Waals surface area contributed by atoms with Crippen LogP contribution >= 0.6 is 39.9 Å². The monoisotopic (exact) mass is 477 g/mol. The summed E-state index contributed by atoms with van der Waals surface area (Å²) in [6, 6.07) is 13.6. The van der Waals surface area contributed by atoms with Gasteiger partial charge in [-0.15, -0.1) is 0 Å². The summed E-state index contributed by atoms with van der Waals surface area (Å²) in [6.45, 7) is 5.32. The first-order valence-electron chi connectivity index (χ1n) is 8.85. The van der Waals surface area contributed by atoms with Gasteiger partial charge in [0, 0.05) is 16.6 Å². The lowest BCUT2D eigenvalue weighted by Gasteiger charge is -2.12. The fourth-order valence-corrected chi connectivity index (χ4v) is 4.45. The van der Waals surface area contributed by atoms with Crippen molar-refractivity contribution in [3.8, 4) is 11.5 Å². The van der Waals surface area contributed by atoms with E-state index in [2.05, 4.69) is 15.9 Å². The van der Waals surface area contributed by atoms with E-state index in [9.17, 15) is 4.79 Å². The summed E-state index contributed by atoms with van der Waals surface area (Å²) < 4.78 is 13.2. The Balaban J connectivity index is 1.69. The topological polar surface area (TPSA) is 38.8 Å². The average molecular weight is 478 g/mol. The van der Waals surface area contributed by atoms with Crippen molar-refractivity contribution >= 4 is 56.2 Å². The van der Waals surface area contributed by atoms with Gasteiger partial charge in [-0.2, -0.15) is 0 Å². The molecule has 1 aliphatic rings. The summed E-state index contributed by atoms with van der Waals surface area (Å²) in [4.78, 5) is 14.7. The first-order valence-corrected chi connectivity index (χ1v) is 10.9. The molecule has 1 aliphatic heterocycles. The van der Waals surface area contributed by atoms with Gasteiger partial charge in [0.15, 0.2) is 0 Å². The van der Waals surface area contributed by atoms with Crippen LogP contribution in [-0.4, -0.2) is 34.9 Å². The van der Waals surface area contributed by atoms with Crippen LogP contribution in [0, 0.1) is 6.92 Å². The zero-order chi connectivity index (χ0) is 20.1. The summed E-state index contributed by atoms with van der Waals surface area (Å²) in [7, 11) is 0. The first kappa shape index (κ1) is 20.9. The van der Waals surface area contributed by atoms with Crippen molar-refractivity contribution < 1.29 is 14.3 Å². The number of ether oxygens (including phenoxy) is 2. The zero-order valence-electron chi connectivity index (χ0n) is 15.6. The number of nitrogens with zero attached hydrogens (tertiary/aromatic N) is 1. The fraction of sp³-hybridized carbons (Fsp3) is 0.238. The molecule has 0 spiro atoms. The lowest BCUT2D eigenvalue weighted by molar-refractivity contribution is -0.121. The van der Waals surface area contributed by atoms with Crippen LogP contribution in [0.4, 0.5) is 0 Å². The molecule has 4 nitrogen and oxygen atoms in total. The SMILES string of the molecule is CCN1C(=O)/C(=C/c2cc(Br)ccc2OCCOc2ccccc2C)SC1=S. The van der Waals surface area contributed by atoms with E-state index in [-0.39, 0.29) is 5.91 Å². The smallest absolute Gasteiger partial charge is 0.266 e. The number of halogens is 1. The molecule has 0 N–H and O–H groups in total. The molecule has 0 bridgehead atoms. The molecule has 2 aromatic rings. The van der Waals surface area contributed by atoms with Gasteiger partial charge in [0.2, 0.25) is 0 Å². The lowest BCUT2D eigenvalue weighted by atomic mass is 10.2. The average Bonchev–Trinajstić information content (AvgIpc) is 2.94. The van der Waals surface area contributed by atoms with Gasteiger partial charge in [-0.3, -0.25) is 9.69 Å². The van der Waals surface area contributed by atoms with Crippen molar-refractivity contribution in [1.82, 2.24) is 4.90 Å². The number of carbonyl (C=O) groups is 1. The highest BCUT2D eigenvalue weighted by Gasteiger charge is 2.30. The predicted molar refractivity (Wildman–Crippen MR) is 122 cm³/mol. The van der Waals surface area contributed by atoms with E-state index in [0.717, 1.165) is 21.3 Å². The molecule has 3 rings (SSSR count). The summed E-state index contributed by atoms with van der Waals surface area (Å²) >= 11 is 10.1. The van der Waals surface area contributed by atoms with E-state index in [1.165, 1.54) is 11.8 Å². The minimum atomic E-state index is -0.0636. The van der Waals surface area contributed by atoms with E-state index in [4.69, 9.17) is 21.7 Å². The Bertz CT molecular complexity index is 930. The molecule has 0 saturated carbocycles. The molecule has 146 valence electrons. The number of hydrogen-bond acceptors (Lipinski definition) is 5. The van der Waals surface area contributed by atoms with Crippen LogP contribution in [0.25, 0.3) is 6.08 Å². The van der Waals surface area contributed by atoms with Crippen LogP contribution in [0.15, 0.2) is 51.8 Å². The van der Waals surface area contributed by atoms with Gasteiger partial charge >= 0.3 is 0 Å². The van der Waals surface area contributed by atoms with Gasteiger partial charge in [0.1, 0.15) is 29.0 Å². The Morgan fingerprint density at radius 3 is 2.54 bits per heavy atom. The van der Waals surface area contributed by atoms with E-state index < -0.39 is 0 Å². The van der Waals surface area contributed by atoms with Gasteiger partial charge in [-0.25, -0.2) is 0 Å². The number of likely N-dealkylation sites (N-methyl/N-ethyl adjacent to an activating group) is 1. The molecule has 0 aromatic heterocycles. The third-order valence-electron chi connectivity index (χ3n) is 4.14. The van der Waals surface area contributed by atoms with Crippen molar-refractivity contribution in [2.45, 2.75) is 13.8 Å². The predicted octanol–water partition coefficient (Wildman–Crippen LogP) is 5.44. The molecule has 1 heterocycles. The maximum absolute atomic E-state index is 12.5. The summed E-state index contributed by atoms with van der Waals surface area (Å²) in [5.74, 6) is 1.48. The molecule has 7 heteroatoms. The second-order valence-electron chi connectivity index (χ2n) is 6.07. The summed E-state index contributed by atoms with van der Waals surface area (Å²) in [5.41, 5.74) is 1.91. The third-order valence-corrected chi connectivity index (χ3v) is 6.01. The molecule has 28 heavy (non-hydrogen) atoms. The third kappa shape index (κ3) is 4.96. The molecule has 0 aliphatic carbocycles. The molecule has 1 amide bonds. The largest absolute Gasteiger partial charge is 0.490 e. The number of thioether (sulfide) groups is 1. The quantitative estimate of drug-likeness (QED) is 0.301. The molecule has 2 aromatic carbocycles. The minimum absolute atomic E-state index is 0.0636. The van der Waals surface area contributed by atoms with Crippen molar-refractivity contribution in [2.75, 3.05) is 19.8 Å². The number of amides is 1. The maximum atomic E-state index is 12.5. The Kier molecular flexibility index (Phi) is 7.15. The van der Waals surface area contributed by atoms with Crippen LogP contribution < -0.4 is 9.47 Å². The van der Waals surface area contributed by atoms with E-state index in [0.29, 0.717) is 34.7 Å². The number of rotatable bonds is 7. The van der Waals surface area contributed by atoms with Crippen LogP contribution in [0.2, 0.25) is 0 Å². The zero-order valence-corrected chi connectivity index (χ0v) is 18.8. The van der Waals surface area contributed by atoms with Crippen molar-refractivity contribution in [3.63, 3.8) is 0 Å². The number of aryl methyl sites for hydroxylation is 1. The number of hydrogen-bond donors (Lipinski definition) is 0. The van der Waals surface area contributed by atoms with E-state index in [1.54, 1.807) is 4.90 Å². The molecule has 1 fully saturated rings. The lowest BCUT2D eigenvalue weighted by Crippen LogP contribution is -2.27.